The molecule has 6 heteroatoms. The summed E-state index contributed by atoms with van der Waals surface area (Å²) in [6.45, 7) is 0. The highest BCUT2D eigenvalue weighted by Crippen LogP contribution is 2.43. The van der Waals surface area contributed by atoms with Gasteiger partial charge in [-0.25, -0.2) is 0 Å². The van der Waals surface area contributed by atoms with Gasteiger partial charge in [-0.2, -0.15) is 0 Å². The summed E-state index contributed by atoms with van der Waals surface area (Å²) in [7, 11) is 3.19. The molecule has 102 valence electrons. The largest absolute Gasteiger partial charge is 0.493 e. The summed E-state index contributed by atoms with van der Waals surface area (Å²) >= 11 is 17.7. The molecule has 0 aliphatic carbocycles. The van der Waals surface area contributed by atoms with Gasteiger partial charge in [0.25, 0.3) is 0 Å². The summed E-state index contributed by atoms with van der Waals surface area (Å²) < 4.78 is 11.4. The predicted molar refractivity (Wildman–Crippen MR) is 84.3 cm³/mol. The fraction of sp³-hybridized carbons (Fsp3) is 0.231. The van der Waals surface area contributed by atoms with Crippen LogP contribution in [0, 0.1) is 0 Å². The zero-order valence-electron chi connectivity index (χ0n) is 10.2. The Balaban J connectivity index is 2.48. The van der Waals surface area contributed by atoms with Crippen molar-refractivity contribution in [2.24, 2.45) is 0 Å². The van der Waals surface area contributed by atoms with Crippen molar-refractivity contribution in [1.29, 1.82) is 0 Å². The Morgan fingerprint density at radius 3 is 2.37 bits per heavy atom. The third-order valence-corrected chi connectivity index (χ3v) is 5.34. The molecule has 2 aromatic rings. The van der Waals surface area contributed by atoms with E-state index in [1.807, 2.05) is 23.6 Å². The third kappa shape index (κ3) is 3.02. The van der Waals surface area contributed by atoms with Gasteiger partial charge < -0.3 is 9.47 Å². The Morgan fingerprint density at radius 2 is 1.84 bits per heavy atom. The minimum Gasteiger partial charge on any atom is -0.493 e. The average molecular weight is 382 g/mol. The van der Waals surface area contributed by atoms with Gasteiger partial charge in [0, 0.05) is 9.35 Å². The van der Waals surface area contributed by atoms with Gasteiger partial charge in [-0.05, 0) is 29.1 Å². The van der Waals surface area contributed by atoms with Crippen molar-refractivity contribution in [1.82, 2.24) is 0 Å². The second-order valence-corrected chi connectivity index (χ2v) is 6.37. The Hall–Kier alpha value is -0.420. The summed E-state index contributed by atoms with van der Waals surface area (Å²) in [4.78, 5) is 0.913. The number of methoxy groups -OCH3 is 2. The predicted octanol–water partition coefficient (Wildman–Crippen LogP) is 5.51. The number of rotatable bonds is 4. The standard InChI is InChI=1S/C13H11BrCl2O2S/c1-17-10-5-7(8(14)6-11(10)18-2)12(16)13-9(15)3-4-19-13/h3-6,12H,1-2H3. The lowest BCUT2D eigenvalue weighted by atomic mass is 10.1. The molecule has 0 aliphatic rings. The Bertz CT molecular complexity index is 586. The van der Waals surface area contributed by atoms with Crippen LogP contribution in [0.1, 0.15) is 15.8 Å². The lowest BCUT2D eigenvalue weighted by molar-refractivity contribution is 0.354. The van der Waals surface area contributed by atoms with Gasteiger partial charge >= 0.3 is 0 Å². The molecule has 2 nitrogen and oxygen atoms in total. The lowest BCUT2D eigenvalue weighted by Gasteiger charge is -2.15. The quantitative estimate of drug-likeness (QED) is 0.650. The molecule has 2 rings (SSSR count). The first-order valence-corrected chi connectivity index (χ1v) is 7.85. The van der Waals surface area contributed by atoms with Crippen LogP contribution in [0.5, 0.6) is 11.5 Å². The molecule has 0 saturated carbocycles. The summed E-state index contributed by atoms with van der Waals surface area (Å²) in [5.74, 6) is 1.29. The molecule has 0 fully saturated rings. The Morgan fingerprint density at radius 1 is 1.21 bits per heavy atom. The molecular weight excluding hydrogens is 371 g/mol. The Labute approximate surface area is 134 Å². The average Bonchev–Trinajstić information content (AvgIpc) is 2.83. The van der Waals surface area contributed by atoms with E-state index in [-0.39, 0.29) is 5.38 Å². The summed E-state index contributed by atoms with van der Waals surface area (Å²) in [5.41, 5.74) is 0.892. The lowest BCUT2D eigenvalue weighted by Crippen LogP contribution is -1.97. The van der Waals surface area contributed by atoms with Gasteiger partial charge in [0.15, 0.2) is 11.5 Å². The number of thiophene rings is 1. The van der Waals surface area contributed by atoms with Crippen molar-refractivity contribution >= 4 is 50.5 Å². The molecule has 0 amide bonds. The van der Waals surface area contributed by atoms with E-state index in [0.717, 1.165) is 14.9 Å². The SMILES string of the molecule is COc1cc(Br)c(C(Cl)c2sccc2Cl)cc1OC. The van der Waals surface area contributed by atoms with E-state index in [1.165, 1.54) is 11.3 Å². The molecule has 0 aliphatic heterocycles. The van der Waals surface area contributed by atoms with E-state index in [4.69, 9.17) is 32.7 Å². The highest BCUT2D eigenvalue weighted by atomic mass is 79.9. The van der Waals surface area contributed by atoms with Crippen molar-refractivity contribution < 1.29 is 9.47 Å². The summed E-state index contributed by atoms with van der Waals surface area (Å²) in [6.07, 6.45) is 0. The first-order valence-electron chi connectivity index (χ1n) is 5.36. The van der Waals surface area contributed by atoms with Gasteiger partial charge in [0.05, 0.1) is 24.6 Å². The van der Waals surface area contributed by atoms with Crippen LogP contribution in [0.4, 0.5) is 0 Å². The van der Waals surface area contributed by atoms with Gasteiger partial charge in [-0.15, -0.1) is 22.9 Å². The van der Waals surface area contributed by atoms with Gasteiger partial charge in [-0.1, -0.05) is 27.5 Å². The molecule has 19 heavy (non-hydrogen) atoms. The van der Waals surface area contributed by atoms with Crippen LogP contribution in [-0.4, -0.2) is 14.2 Å². The number of alkyl halides is 1. The smallest absolute Gasteiger partial charge is 0.161 e. The Kier molecular flexibility index (Phi) is 5.01. The molecule has 0 radical (unpaired) electrons. The monoisotopic (exact) mass is 380 g/mol. The van der Waals surface area contributed by atoms with Gasteiger partial charge in [0.2, 0.25) is 0 Å². The van der Waals surface area contributed by atoms with Crippen LogP contribution in [0.2, 0.25) is 5.02 Å². The summed E-state index contributed by atoms with van der Waals surface area (Å²) in [5, 5.41) is 2.26. The molecule has 0 spiro atoms. The first kappa shape index (κ1) is 15.0. The van der Waals surface area contributed by atoms with E-state index in [0.29, 0.717) is 16.5 Å². The second kappa shape index (κ2) is 6.35. The molecule has 0 saturated heterocycles. The van der Waals surface area contributed by atoms with E-state index >= 15 is 0 Å². The topological polar surface area (TPSA) is 18.5 Å². The molecule has 1 aromatic heterocycles. The molecule has 0 bridgehead atoms. The normalized spacial score (nSPS) is 12.3. The van der Waals surface area contributed by atoms with Crippen LogP contribution in [0.3, 0.4) is 0 Å². The van der Waals surface area contributed by atoms with Crippen LogP contribution in [0.25, 0.3) is 0 Å². The number of halogens is 3. The zero-order valence-corrected chi connectivity index (χ0v) is 14.2. The van der Waals surface area contributed by atoms with E-state index in [9.17, 15) is 0 Å². The maximum absolute atomic E-state index is 6.51. The molecular formula is C13H11BrCl2O2S. The molecule has 1 atom stereocenters. The first-order chi connectivity index (χ1) is 9.08. The van der Waals surface area contributed by atoms with Crippen LogP contribution in [0.15, 0.2) is 28.1 Å². The minimum absolute atomic E-state index is 0.332. The molecule has 1 unspecified atom stereocenters. The maximum Gasteiger partial charge on any atom is 0.161 e. The van der Waals surface area contributed by atoms with Crippen LogP contribution in [-0.2, 0) is 0 Å². The van der Waals surface area contributed by atoms with Gasteiger partial charge in [-0.3, -0.25) is 0 Å². The van der Waals surface area contributed by atoms with Crippen molar-refractivity contribution in [3.8, 4) is 11.5 Å². The van der Waals surface area contributed by atoms with Crippen molar-refractivity contribution in [3.05, 3.63) is 43.5 Å². The molecule has 1 heterocycles. The second-order valence-electron chi connectivity index (χ2n) is 3.72. The van der Waals surface area contributed by atoms with E-state index < -0.39 is 0 Å². The van der Waals surface area contributed by atoms with Crippen molar-refractivity contribution in [2.75, 3.05) is 14.2 Å². The van der Waals surface area contributed by atoms with E-state index in [1.54, 1.807) is 14.2 Å². The third-order valence-electron chi connectivity index (χ3n) is 2.65. The number of hydrogen-bond acceptors (Lipinski definition) is 3. The van der Waals surface area contributed by atoms with Crippen molar-refractivity contribution in [2.45, 2.75) is 5.38 Å². The zero-order chi connectivity index (χ0) is 14.0. The van der Waals surface area contributed by atoms with Crippen molar-refractivity contribution in [3.63, 3.8) is 0 Å². The fourth-order valence-electron chi connectivity index (χ4n) is 1.69. The number of benzene rings is 1. The maximum atomic E-state index is 6.51. The molecule has 0 N–H and O–H groups in total. The summed E-state index contributed by atoms with van der Waals surface area (Å²) in [6, 6.07) is 5.54. The van der Waals surface area contributed by atoms with Crippen LogP contribution >= 0.6 is 50.5 Å². The van der Waals surface area contributed by atoms with Crippen LogP contribution < -0.4 is 9.47 Å². The molecule has 1 aromatic carbocycles. The van der Waals surface area contributed by atoms with E-state index in [2.05, 4.69) is 15.9 Å². The number of ether oxygens (including phenoxy) is 2. The highest BCUT2D eigenvalue weighted by molar-refractivity contribution is 9.10. The number of hydrogen-bond donors (Lipinski definition) is 0. The van der Waals surface area contributed by atoms with Gasteiger partial charge in [0.1, 0.15) is 0 Å². The minimum atomic E-state index is -0.332. The fourth-order valence-corrected chi connectivity index (χ4v) is 4.04. The highest BCUT2D eigenvalue weighted by Gasteiger charge is 2.20.